The van der Waals surface area contributed by atoms with Gasteiger partial charge in [-0.2, -0.15) is 31.6 Å². The Balaban J connectivity index is 2.80. The third kappa shape index (κ3) is 3.09. The van der Waals surface area contributed by atoms with E-state index < -0.39 is 46.8 Å². The lowest BCUT2D eigenvalue weighted by molar-refractivity contribution is -0.169. The molecule has 0 radical (unpaired) electrons. The number of nitrogens with zero attached hydrogens (tertiary/aromatic N) is 1. The zero-order valence-corrected chi connectivity index (χ0v) is 12.1. The van der Waals surface area contributed by atoms with Crippen molar-refractivity contribution >= 4 is 17.1 Å². The minimum absolute atomic E-state index is 0.0767. The van der Waals surface area contributed by atoms with E-state index in [0.29, 0.717) is 0 Å². The molecule has 1 aromatic heterocycles. The number of nitrogens with two attached hydrogens (primary N) is 1. The molecule has 0 bridgehead atoms. The summed E-state index contributed by atoms with van der Waals surface area (Å²) in [6.07, 6.45) is -11.0. The maximum Gasteiger partial charge on any atom is 0.454 e. The number of alkyl halides is 6. The van der Waals surface area contributed by atoms with Crippen LogP contribution < -0.4 is 5.73 Å². The van der Waals surface area contributed by atoms with Crippen LogP contribution in [0.25, 0.3) is 0 Å². The minimum atomic E-state index is -5.59. The van der Waals surface area contributed by atoms with Gasteiger partial charge in [-0.15, -0.1) is 11.3 Å². The maximum atomic E-state index is 13.1. The van der Waals surface area contributed by atoms with Crippen molar-refractivity contribution < 1.29 is 35.9 Å². The van der Waals surface area contributed by atoms with Gasteiger partial charge < -0.3 is 10.5 Å². The maximum absolute atomic E-state index is 13.1. The van der Waals surface area contributed by atoms with Gasteiger partial charge in [-0.05, 0) is 11.4 Å². The molecule has 2 heterocycles. The Bertz CT molecular complexity index is 768. The number of hydrogen-bond acceptors (Lipinski definition) is 5. The van der Waals surface area contributed by atoms with Gasteiger partial charge in [0.05, 0.1) is 11.5 Å². The largest absolute Gasteiger partial charge is 0.454 e. The number of allylic oxidation sites excluding steroid dienone is 3. The number of Topliss-reactive ketones (excluding diaryl/α,β-unsaturated/α-hetero) is 1. The van der Waals surface area contributed by atoms with E-state index in [1.165, 1.54) is 23.6 Å². The van der Waals surface area contributed by atoms with E-state index in [1.807, 2.05) is 0 Å². The first-order valence-corrected chi connectivity index (χ1v) is 6.90. The fraction of sp³-hybridized carbons (Fsp3) is 0.231. The second-order valence-corrected chi connectivity index (χ2v) is 5.49. The monoisotopic (exact) mass is 368 g/mol. The summed E-state index contributed by atoms with van der Waals surface area (Å²) in [5.41, 5.74) is 2.86. The topological polar surface area (TPSA) is 76.1 Å². The van der Waals surface area contributed by atoms with Crippen LogP contribution in [0.2, 0.25) is 0 Å². The molecule has 2 N–H and O–H groups in total. The summed E-state index contributed by atoms with van der Waals surface area (Å²) in [7, 11) is 0. The van der Waals surface area contributed by atoms with Gasteiger partial charge in [0.1, 0.15) is 11.6 Å². The molecule has 0 saturated heterocycles. The molecule has 0 aromatic carbocycles. The highest BCUT2D eigenvalue weighted by Gasteiger charge is 2.53. The molecule has 1 atom stereocenters. The predicted octanol–water partition coefficient (Wildman–Crippen LogP) is 3.50. The van der Waals surface area contributed by atoms with Gasteiger partial charge in [-0.25, -0.2) is 0 Å². The van der Waals surface area contributed by atoms with Crippen molar-refractivity contribution in [1.82, 2.24) is 0 Å². The van der Waals surface area contributed by atoms with Crippen LogP contribution in [0.3, 0.4) is 0 Å². The number of ketones is 1. The molecule has 11 heteroatoms. The Morgan fingerprint density at radius 2 is 1.92 bits per heavy atom. The van der Waals surface area contributed by atoms with Crippen molar-refractivity contribution in [3.63, 3.8) is 0 Å². The van der Waals surface area contributed by atoms with Gasteiger partial charge in [-0.1, -0.05) is 6.07 Å². The Morgan fingerprint density at radius 1 is 1.29 bits per heavy atom. The first kappa shape index (κ1) is 17.9. The van der Waals surface area contributed by atoms with Crippen LogP contribution in [-0.2, 0) is 9.53 Å². The van der Waals surface area contributed by atoms with E-state index in [9.17, 15) is 31.1 Å². The highest BCUT2D eigenvalue weighted by molar-refractivity contribution is 7.10. The number of carbonyl (C=O) groups is 1. The van der Waals surface area contributed by atoms with Crippen LogP contribution >= 0.6 is 11.3 Å². The van der Waals surface area contributed by atoms with Gasteiger partial charge in [0, 0.05) is 4.88 Å². The van der Waals surface area contributed by atoms with Gasteiger partial charge >= 0.3 is 12.4 Å². The molecule has 128 valence electrons. The van der Waals surface area contributed by atoms with Crippen molar-refractivity contribution in [2.24, 2.45) is 5.73 Å². The molecule has 1 aliphatic heterocycles. The van der Waals surface area contributed by atoms with E-state index in [2.05, 4.69) is 4.74 Å². The molecule has 0 fully saturated rings. The SMILES string of the molecule is N#CC1=C(N)OC(C(F)(F)F)=C(C(=O)C(F)(F)F)C1c1cccs1. The van der Waals surface area contributed by atoms with Crippen LogP contribution in [0, 0.1) is 11.3 Å². The fourth-order valence-corrected chi connectivity index (χ4v) is 2.94. The van der Waals surface area contributed by atoms with Crippen molar-refractivity contribution in [2.75, 3.05) is 0 Å². The molecule has 0 aliphatic carbocycles. The summed E-state index contributed by atoms with van der Waals surface area (Å²) < 4.78 is 81.9. The summed E-state index contributed by atoms with van der Waals surface area (Å²) in [6.45, 7) is 0. The Kier molecular flexibility index (Phi) is 4.36. The van der Waals surface area contributed by atoms with Crippen molar-refractivity contribution in [1.29, 1.82) is 5.26 Å². The first-order chi connectivity index (χ1) is 11.0. The van der Waals surface area contributed by atoms with Crippen LogP contribution in [0.1, 0.15) is 10.8 Å². The van der Waals surface area contributed by atoms with Gasteiger partial charge in [0.25, 0.3) is 5.78 Å². The molecule has 1 aliphatic rings. The second kappa shape index (κ2) is 5.86. The average Bonchev–Trinajstić information content (AvgIpc) is 2.97. The minimum Gasteiger partial charge on any atom is -0.435 e. The fourth-order valence-electron chi connectivity index (χ4n) is 2.09. The quantitative estimate of drug-likeness (QED) is 0.811. The summed E-state index contributed by atoms with van der Waals surface area (Å²) in [5.74, 6) is -7.82. The zero-order chi connectivity index (χ0) is 18.3. The van der Waals surface area contributed by atoms with E-state index in [0.717, 1.165) is 11.3 Å². The lowest BCUT2D eigenvalue weighted by atomic mass is 9.84. The van der Waals surface area contributed by atoms with E-state index >= 15 is 0 Å². The smallest absolute Gasteiger partial charge is 0.435 e. The number of rotatable bonds is 2. The second-order valence-electron chi connectivity index (χ2n) is 4.51. The Labute approximate surface area is 134 Å². The van der Waals surface area contributed by atoms with Crippen molar-refractivity contribution in [2.45, 2.75) is 18.3 Å². The first-order valence-electron chi connectivity index (χ1n) is 6.02. The van der Waals surface area contributed by atoms with Crippen LogP contribution in [0.5, 0.6) is 0 Å². The number of thiophene rings is 1. The molecular weight excluding hydrogens is 362 g/mol. The molecule has 0 saturated carbocycles. The molecule has 1 unspecified atom stereocenters. The van der Waals surface area contributed by atoms with Gasteiger partial charge in [0.2, 0.25) is 11.6 Å². The highest BCUT2D eigenvalue weighted by atomic mass is 32.1. The predicted molar refractivity (Wildman–Crippen MR) is 69.1 cm³/mol. The number of carbonyl (C=O) groups excluding carboxylic acids is 1. The van der Waals surface area contributed by atoms with Crippen molar-refractivity contribution in [3.05, 3.63) is 45.2 Å². The standard InChI is InChI=1S/C13H6F6N2O2S/c14-12(15,16)9(22)8-7(6-2-1-3-24-6)5(4-20)11(21)23-10(8)13(17,18)19/h1-3,7H,21H2. The Hall–Kier alpha value is -2.48. The average molecular weight is 368 g/mol. The summed E-state index contributed by atoms with van der Waals surface area (Å²) in [6, 6.07) is 3.96. The normalized spacial score (nSPS) is 19.1. The molecule has 2 rings (SSSR count). The zero-order valence-electron chi connectivity index (χ0n) is 11.3. The van der Waals surface area contributed by atoms with Crippen LogP contribution in [0.4, 0.5) is 26.3 Å². The molecule has 1 aromatic rings. The number of ether oxygens (including phenoxy) is 1. The van der Waals surface area contributed by atoms with Crippen LogP contribution in [-0.4, -0.2) is 18.1 Å². The molecular formula is C13H6F6N2O2S. The number of hydrogen-bond donors (Lipinski definition) is 1. The highest BCUT2D eigenvalue weighted by Crippen LogP contribution is 2.47. The van der Waals surface area contributed by atoms with Crippen molar-refractivity contribution in [3.8, 4) is 6.07 Å². The van der Waals surface area contributed by atoms with Gasteiger partial charge in [-0.3, -0.25) is 4.79 Å². The van der Waals surface area contributed by atoms with E-state index in [1.54, 1.807) is 0 Å². The molecule has 0 amide bonds. The van der Waals surface area contributed by atoms with Crippen LogP contribution in [0.15, 0.2) is 40.3 Å². The summed E-state index contributed by atoms with van der Waals surface area (Å²) in [4.78, 5) is 11.5. The number of halogens is 6. The number of nitriles is 1. The summed E-state index contributed by atoms with van der Waals surface area (Å²) in [5, 5.41) is 10.4. The summed E-state index contributed by atoms with van der Waals surface area (Å²) >= 11 is 0.778. The third-order valence-corrected chi connectivity index (χ3v) is 3.94. The Morgan fingerprint density at radius 3 is 2.33 bits per heavy atom. The van der Waals surface area contributed by atoms with E-state index in [-0.39, 0.29) is 4.88 Å². The lowest BCUT2D eigenvalue weighted by Gasteiger charge is -2.28. The molecule has 4 nitrogen and oxygen atoms in total. The molecule has 0 spiro atoms. The molecule has 24 heavy (non-hydrogen) atoms. The third-order valence-electron chi connectivity index (χ3n) is 3.01. The van der Waals surface area contributed by atoms with Gasteiger partial charge in [0.15, 0.2) is 0 Å². The van der Waals surface area contributed by atoms with E-state index in [4.69, 9.17) is 11.0 Å². The lowest BCUT2D eigenvalue weighted by Crippen LogP contribution is -2.35.